The van der Waals surface area contributed by atoms with E-state index in [0.717, 1.165) is 29.5 Å². The molecule has 0 unspecified atom stereocenters. The molecule has 35 heavy (non-hydrogen) atoms. The van der Waals surface area contributed by atoms with E-state index in [1.54, 1.807) is 12.1 Å². The SMILES string of the molecule is CCCc1ccc(-c2ccc(C(=O)N3C[C@H](O)[C@H](O)[C@H]3C(=O)NOCc3ccccc3)cc2)cc1. The molecule has 3 aromatic rings. The predicted molar refractivity (Wildman–Crippen MR) is 132 cm³/mol. The summed E-state index contributed by atoms with van der Waals surface area (Å²) in [5.74, 6) is -1.14. The Labute approximate surface area is 204 Å². The van der Waals surface area contributed by atoms with Crippen LogP contribution in [0.2, 0.25) is 0 Å². The van der Waals surface area contributed by atoms with Gasteiger partial charge in [-0.25, -0.2) is 5.48 Å². The maximum atomic E-state index is 13.2. The minimum atomic E-state index is -1.42. The molecule has 1 heterocycles. The summed E-state index contributed by atoms with van der Waals surface area (Å²) >= 11 is 0. The number of carbonyl (C=O) groups excluding carboxylic acids is 2. The van der Waals surface area contributed by atoms with Crippen LogP contribution in [0.4, 0.5) is 0 Å². The standard InChI is InChI=1S/C28H30N2O5/c1-2-6-19-9-11-21(12-10-19)22-13-15-23(16-14-22)28(34)30-17-24(31)26(32)25(30)27(33)29-35-18-20-7-4-3-5-8-20/h3-5,7-16,24-26,31-32H,2,6,17-18H2,1H3,(H,29,33)/t24-,25-,26-/m0/s1. The lowest BCUT2D eigenvalue weighted by atomic mass is 10.0. The van der Waals surface area contributed by atoms with Crippen LogP contribution in [0.1, 0.15) is 34.8 Å². The molecule has 2 amide bonds. The molecule has 3 N–H and O–H groups in total. The van der Waals surface area contributed by atoms with Crippen LogP contribution < -0.4 is 5.48 Å². The summed E-state index contributed by atoms with van der Waals surface area (Å²) in [6.45, 7) is 2.12. The second-order valence-corrected chi connectivity index (χ2v) is 8.73. The van der Waals surface area contributed by atoms with E-state index in [1.165, 1.54) is 10.5 Å². The van der Waals surface area contributed by atoms with E-state index in [4.69, 9.17) is 4.84 Å². The Hall–Kier alpha value is -3.52. The van der Waals surface area contributed by atoms with Gasteiger partial charge in [-0.15, -0.1) is 0 Å². The van der Waals surface area contributed by atoms with Gasteiger partial charge >= 0.3 is 0 Å². The maximum Gasteiger partial charge on any atom is 0.269 e. The van der Waals surface area contributed by atoms with Crippen molar-refractivity contribution < 1.29 is 24.6 Å². The molecule has 182 valence electrons. The lowest BCUT2D eigenvalue weighted by Crippen LogP contribution is -2.50. The average molecular weight is 475 g/mol. The first-order valence-electron chi connectivity index (χ1n) is 11.8. The van der Waals surface area contributed by atoms with Crippen LogP contribution >= 0.6 is 0 Å². The highest BCUT2D eigenvalue weighted by Gasteiger charge is 2.46. The first-order chi connectivity index (χ1) is 17.0. The number of nitrogens with one attached hydrogen (secondary N) is 1. The third-order valence-corrected chi connectivity index (χ3v) is 6.18. The number of amides is 2. The Morgan fingerprint density at radius 2 is 1.54 bits per heavy atom. The van der Waals surface area contributed by atoms with Gasteiger partial charge in [-0.3, -0.25) is 14.4 Å². The van der Waals surface area contributed by atoms with Crippen molar-refractivity contribution in [2.45, 2.75) is 44.6 Å². The number of carbonyl (C=O) groups is 2. The Morgan fingerprint density at radius 1 is 0.914 bits per heavy atom. The number of hydrogen-bond acceptors (Lipinski definition) is 5. The molecule has 4 rings (SSSR count). The fourth-order valence-electron chi connectivity index (χ4n) is 4.27. The van der Waals surface area contributed by atoms with Gasteiger partial charge in [0.15, 0.2) is 0 Å². The van der Waals surface area contributed by atoms with Gasteiger partial charge in [-0.05, 0) is 40.8 Å². The molecule has 1 fully saturated rings. The van der Waals surface area contributed by atoms with E-state index in [1.807, 2.05) is 42.5 Å². The van der Waals surface area contributed by atoms with E-state index < -0.39 is 30.1 Å². The van der Waals surface area contributed by atoms with E-state index in [2.05, 4.69) is 36.7 Å². The van der Waals surface area contributed by atoms with Crippen molar-refractivity contribution in [1.82, 2.24) is 10.4 Å². The average Bonchev–Trinajstić information content (AvgIpc) is 3.19. The molecule has 0 bridgehead atoms. The lowest BCUT2D eigenvalue weighted by Gasteiger charge is -2.25. The first-order valence-corrected chi connectivity index (χ1v) is 11.8. The summed E-state index contributed by atoms with van der Waals surface area (Å²) in [6.07, 6.45) is -0.522. The maximum absolute atomic E-state index is 13.2. The Balaban J connectivity index is 1.43. The molecule has 1 aliphatic heterocycles. The number of aliphatic hydroxyl groups is 2. The fraction of sp³-hybridized carbons (Fsp3) is 0.286. The summed E-state index contributed by atoms with van der Waals surface area (Å²) in [7, 11) is 0. The molecule has 0 radical (unpaired) electrons. The van der Waals surface area contributed by atoms with Crippen molar-refractivity contribution in [1.29, 1.82) is 0 Å². The molecule has 0 saturated carbocycles. The normalized spacial score (nSPS) is 19.5. The minimum absolute atomic E-state index is 0.132. The van der Waals surface area contributed by atoms with Gasteiger partial charge in [0.1, 0.15) is 18.2 Å². The lowest BCUT2D eigenvalue weighted by molar-refractivity contribution is -0.141. The van der Waals surface area contributed by atoms with Crippen LogP contribution in [0.25, 0.3) is 11.1 Å². The van der Waals surface area contributed by atoms with Crippen LogP contribution in [0.15, 0.2) is 78.9 Å². The number of hydroxylamine groups is 1. The molecular weight excluding hydrogens is 444 g/mol. The fourth-order valence-corrected chi connectivity index (χ4v) is 4.27. The van der Waals surface area contributed by atoms with E-state index in [0.29, 0.717) is 5.56 Å². The monoisotopic (exact) mass is 474 g/mol. The molecule has 7 heteroatoms. The van der Waals surface area contributed by atoms with Gasteiger partial charge in [0, 0.05) is 5.56 Å². The number of aliphatic hydroxyl groups excluding tert-OH is 2. The third kappa shape index (κ3) is 5.77. The van der Waals surface area contributed by atoms with Gasteiger partial charge in [-0.2, -0.15) is 0 Å². The van der Waals surface area contributed by atoms with Crippen LogP contribution in [0.3, 0.4) is 0 Å². The second kappa shape index (κ2) is 11.3. The molecule has 1 aliphatic rings. The topological polar surface area (TPSA) is 99.1 Å². The molecule has 3 atom stereocenters. The van der Waals surface area contributed by atoms with Crippen molar-refractivity contribution in [3.8, 4) is 11.1 Å². The van der Waals surface area contributed by atoms with E-state index in [9.17, 15) is 19.8 Å². The van der Waals surface area contributed by atoms with Crippen LogP contribution in [-0.4, -0.2) is 51.7 Å². The Morgan fingerprint density at radius 3 is 2.17 bits per heavy atom. The van der Waals surface area contributed by atoms with Crippen molar-refractivity contribution in [2.75, 3.05) is 6.54 Å². The van der Waals surface area contributed by atoms with Crippen LogP contribution in [0, 0.1) is 0 Å². The Bertz CT molecular complexity index is 1130. The number of β-amino-alcohol motifs (C(OH)–C–C–N with tert-alkyl or cyclic N) is 1. The predicted octanol–water partition coefficient (Wildman–Crippen LogP) is 3.10. The van der Waals surface area contributed by atoms with Crippen LogP contribution in [-0.2, 0) is 22.7 Å². The summed E-state index contributed by atoms with van der Waals surface area (Å²) in [5, 5.41) is 20.6. The number of nitrogens with zero attached hydrogens (tertiary/aromatic N) is 1. The quantitative estimate of drug-likeness (QED) is 0.436. The number of hydrogen-bond donors (Lipinski definition) is 3. The van der Waals surface area contributed by atoms with Gasteiger partial charge < -0.3 is 15.1 Å². The number of benzene rings is 3. The minimum Gasteiger partial charge on any atom is -0.388 e. The molecule has 7 nitrogen and oxygen atoms in total. The largest absolute Gasteiger partial charge is 0.388 e. The molecule has 1 saturated heterocycles. The van der Waals surface area contributed by atoms with Gasteiger partial charge in [0.05, 0.1) is 13.2 Å². The zero-order chi connectivity index (χ0) is 24.8. The van der Waals surface area contributed by atoms with Crippen LogP contribution in [0.5, 0.6) is 0 Å². The summed E-state index contributed by atoms with van der Waals surface area (Å²) in [6, 6.07) is 23.4. The van der Waals surface area contributed by atoms with Gasteiger partial charge in [0.25, 0.3) is 11.8 Å². The smallest absolute Gasteiger partial charge is 0.269 e. The first kappa shape index (κ1) is 24.6. The van der Waals surface area contributed by atoms with E-state index >= 15 is 0 Å². The van der Waals surface area contributed by atoms with Gasteiger partial charge in [-0.1, -0.05) is 80.1 Å². The van der Waals surface area contributed by atoms with E-state index in [-0.39, 0.29) is 13.2 Å². The van der Waals surface area contributed by atoms with Crippen molar-refractivity contribution in [3.05, 3.63) is 95.6 Å². The highest BCUT2D eigenvalue weighted by molar-refractivity contribution is 5.98. The molecule has 0 spiro atoms. The summed E-state index contributed by atoms with van der Waals surface area (Å²) < 4.78 is 0. The molecule has 0 aliphatic carbocycles. The molecular formula is C28H30N2O5. The highest BCUT2D eigenvalue weighted by atomic mass is 16.7. The third-order valence-electron chi connectivity index (χ3n) is 6.18. The number of rotatable bonds is 8. The number of likely N-dealkylation sites (tertiary alicyclic amines) is 1. The number of aryl methyl sites for hydroxylation is 1. The summed E-state index contributed by atoms with van der Waals surface area (Å²) in [4.78, 5) is 32.4. The zero-order valence-electron chi connectivity index (χ0n) is 19.6. The van der Waals surface area contributed by atoms with Gasteiger partial charge in [0.2, 0.25) is 0 Å². The van der Waals surface area contributed by atoms with Crippen molar-refractivity contribution in [2.24, 2.45) is 0 Å². The Kier molecular flexibility index (Phi) is 7.92. The second-order valence-electron chi connectivity index (χ2n) is 8.73. The van der Waals surface area contributed by atoms with Crippen molar-refractivity contribution >= 4 is 11.8 Å². The zero-order valence-corrected chi connectivity index (χ0v) is 19.6. The molecule has 0 aromatic heterocycles. The molecule has 3 aromatic carbocycles. The summed E-state index contributed by atoms with van der Waals surface area (Å²) in [5.41, 5.74) is 6.81. The highest BCUT2D eigenvalue weighted by Crippen LogP contribution is 2.25. The van der Waals surface area contributed by atoms with Crippen molar-refractivity contribution in [3.63, 3.8) is 0 Å².